The van der Waals surface area contributed by atoms with E-state index in [1.165, 1.54) is 23.1 Å². The number of nitrogens with one attached hydrogen (secondary N) is 2. The lowest BCUT2D eigenvalue weighted by atomic mass is 10.5. The maximum atomic E-state index is 11.9. The molecule has 3 amide bonds. The molecule has 0 aliphatic rings. The Morgan fingerprint density at radius 3 is 2.64 bits per heavy atom. The third-order valence-electron chi connectivity index (χ3n) is 2.97. The summed E-state index contributed by atoms with van der Waals surface area (Å²) in [4.78, 5) is 25.7. The van der Waals surface area contributed by atoms with Gasteiger partial charge in [0.15, 0.2) is 0 Å². The minimum absolute atomic E-state index is 0.0528. The second-order valence-electron chi connectivity index (χ2n) is 4.80. The molecular formula is C14H14N6O2S3. The number of rotatable bonds is 7. The van der Waals surface area contributed by atoms with Crippen molar-refractivity contribution >= 4 is 46.4 Å². The predicted octanol–water partition coefficient (Wildman–Crippen LogP) is 1.96. The van der Waals surface area contributed by atoms with Crippen LogP contribution in [-0.4, -0.2) is 37.9 Å². The highest BCUT2D eigenvalue weighted by molar-refractivity contribution is 7.99. The van der Waals surface area contributed by atoms with Crippen LogP contribution < -0.4 is 10.6 Å². The Balaban J connectivity index is 1.43. The molecule has 8 nitrogen and oxygen atoms in total. The number of carbonyl (C=O) groups excluding carboxylic acids is 2. The molecule has 0 aliphatic carbocycles. The van der Waals surface area contributed by atoms with Gasteiger partial charge in [-0.05, 0) is 33.3 Å². The van der Waals surface area contributed by atoms with Gasteiger partial charge in [-0.25, -0.2) is 9.48 Å². The molecular weight excluding hydrogens is 380 g/mol. The van der Waals surface area contributed by atoms with Crippen LogP contribution >= 0.6 is 34.4 Å². The molecule has 0 atom stereocenters. The summed E-state index contributed by atoms with van der Waals surface area (Å²) in [6.07, 6.45) is 0. The number of tetrazole rings is 1. The van der Waals surface area contributed by atoms with E-state index in [-0.39, 0.29) is 5.75 Å². The van der Waals surface area contributed by atoms with Crippen molar-refractivity contribution in [3.63, 3.8) is 0 Å². The predicted molar refractivity (Wildman–Crippen MR) is 96.7 cm³/mol. The molecule has 0 aromatic carbocycles. The number of nitrogens with zero attached hydrogens (tertiary/aromatic N) is 4. The SMILES string of the molecule is O=C(CSc1nnnn1Cc1cccs1)NC(=O)NCc1cccs1. The standard InChI is InChI=1S/C14H14N6O2S3/c21-12(16-13(22)15-7-10-3-1-5-23-10)9-25-14-17-18-19-20(14)8-11-4-2-6-24-11/h1-6H,7-9H2,(H2,15,16,21,22). The van der Waals surface area contributed by atoms with E-state index in [4.69, 9.17) is 0 Å². The molecule has 0 saturated heterocycles. The van der Waals surface area contributed by atoms with Gasteiger partial charge < -0.3 is 5.32 Å². The molecule has 0 bridgehead atoms. The second kappa shape index (κ2) is 8.74. The smallest absolute Gasteiger partial charge is 0.321 e. The zero-order valence-electron chi connectivity index (χ0n) is 12.9. The van der Waals surface area contributed by atoms with Crippen molar-refractivity contribution in [3.8, 4) is 0 Å². The summed E-state index contributed by atoms with van der Waals surface area (Å²) in [6.45, 7) is 0.943. The summed E-state index contributed by atoms with van der Waals surface area (Å²) in [6, 6.07) is 7.25. The lowest BCUT2D eigenvalue weighted by Gasteiger charge is -2.06. The first-order valence-corrected chi connectivity index (χ1v) is 9.96. The van der Waals surface area contributed by atoms with Crippen LogP contribution in [-0.2, 0) is 17.9 Å². The monoisotopic (exact) mass is 394 g/mol. The van der Waals surface area contributed by atoms with E-state index in [0.717, 1.165) is 9.75 Å². The maximum absolute atomic E-state index is 11.9. The molecule has 0 unspecified atom stereocenters. The highest BCUT2D eigenvalue weighted by Gasteiger charge is 2.13. The lowest BCUT2D eigenvalue weighted by molar-refractivity contribution is -0.117. The van der Waals surface area contributed by atoms with E-state index in [1.807, 2.05) is 35.0 Å². The number of hydrogen-bond donors (Lipinski definition) is 2. The molecule has 0 saturated carbocycles. The first-order chi connectivity index (χ1) is 12.2. The number of amides is 3. The van der Waals surface area contributed by atoms with E-state index in [1.54, 1.807) is 16.0 Å². The molecule has 0 aliphatic heterocycles. The van der Waals surface area contributed by atoms with Gasteiger partial charge in [-0.1, -0.05) is 23.9 Å². The van der Waals surface area contributed by atoms with E-state index >= 15 is 0 Å². The molecule has 2 N–H and O–H groups in total. The summed E-state index contributed by atoms with van der Waals surface area (Å²) in [7, 11) is 0. The molecule has 130 valence electrons. The van der Waals surface area contributed by atoms with Crippen molar-refractivity contribution in [3.05, 3.63) is 44.8 Å². The Hall–Kier alpha value is -2.24. The Morgan fingerprint density at radius 2 is 1.92 bits per heavy atom. The van der Waals surface area contributed by atoms with Crippen LogP contribution in [0.3, 0.4) is 0 Å². The van der Waals surface area contributed by atoms with Crippen molar-refractivity contribution in [2.24, 2.45) is 0 Å². The van der Waals surface area contributed by atoms with Gasteiger partial charge in [0.2, 0.25) is 11.1 Å². The zero-order chi connectivity index (χ0) is 17.5. The Kier molecular flexibility index (Phi) is 6.14. The minimum atomic E-state index is -0.517. The molecule has 25 heavy (non-hydrogen) atoms. The van der Waals surface area contributed by atoms with Gasteiger partial charge in [0, 0.05) is 9.75 Å². The number of hydrogen-bond acceptors (Lipinski definition) is 8. The number of aromatic nitrogens is 4. The average Bonchev–Trinajstić information content (AvgIpc) is 3.35. The summed E-state index contributed by atoms with van der Waals surface area (Å²) in [5, 5.41) is 20.8. The van der Waals surface area contributed by atoms with Gasteiger partial charge in [0.1, 0.15) is 0 Å². The Bertz CT molecular complexity index is 816. The van der Waals surface area contributed by atoms with Gasteiger partial charge in [-0.15, -0.1) is 27.8 Å². The Labute approximate surface area is 155 Å². The van der Waals surface area contributed by atoms with E-state index in [2.05, 4.69) is 26.2 Å². The topological polar surface area (TPSA) is 102 Å². The van der Waals surface area contributed by atoms with Crippen LogP contribution in [0.25, 0.3) is 0 Å². The highest BCUT2D eigenvalue weighted by Crippen LogP contribution is 2.16. The summed E-state index contributed by atoms with van der Waals surface area (Å²) < 4.78 is 1.63. The maximum Gasteiger partial charge on any atom is 0.321 e. The van der Waals surface area contributed by atoms with Gasteiger partial charge in [0.25, 0.3) is 0 Å². The first-order valence-electron chi connectivity index (χ1n) is 7.22. The van der Waals surface area contributed by atoms with Crippen LogP contribution in [0.5, 0.6) is 0 Å². The molecule has 3 heterocycles. The number of thioether (sulfide) groups is 1. The van der Waals surface area contributed by atoms with Crippen LogP contribution in [0.1, 0.15) is 9.75 Å². The van der Waals surface area contributed by atoms with Crippen LogP contribution in [0, 0.1) is 0 Å². The van der Waals surface area contributed by atoms with Crippen molar-refractivity contribution < 1.29 is 9.59 Å². The summed E-state index contributed by atoms with van der Waals surface area (Å²) >= 11 is 4.33. The van der Waals surface area contributed by atoms with E-state index in [9.17, 15) is 9.59 Å². The number of imide groups is 1. The summed E-state index contributed by atoms with van der Waals surface area (Å²) in [5.74, 6) is -0.351. The lowest BCUT2D eigenvalue weighted by Crippen LogP contribution is -2.39. The third-order valence-corrected chi connectivity index (χ3v) is 5.67. The van der Waals surface area contributed by atoms with Crippen molar-refractivity contribution in [2.75, 3.05) is 5.75 Å². The fourth-order valence-electron chi connectivity index (χ4n) is 1.87. The number of carbonyl (C=O) groups is 2. The quantitative estimate of drug-likeness (QED) is 0.594. The minimum Gasteiger partial charge on any atom is -0.333 e. The molecule has 0 radical (unpaired) electrons. The molecule has 3 aromatic heterocycles. The molecule has 0 fully saturated rings. The van der Waals surface area contributed by atoms with Crippen LogP contribution in [0.15, 0.2) is 40.2 Å². The number of thiophene rings is 2. The van der Waals surface area contributed by atoms with Gasteiger partial charge in [-0.2, -0.15) is 0 Å². The van der Waals surface area contributed by atoms with E-state index in [0.29, 0.717) is 18.2 Å². The summed E-state index contributed by atoms with van der Waals surface area (Å²) in [5.41, 5.74) is 0. The van der Waals surface area contributed by atoms with Crippen LogP contribution in [0.4, 0.5) is 4.79 Å². The normalized spacial score (nSPS) is 10.6. The second-order valence-corrected chi connectivity index (χ2v) is 7.80. The van der Waals surface area contributed by atoms with Gasteiger partial charge >= 0.3 is 6.03 Å². The average molecular weight is 395 g/mol. The molecule has 0 spiro atoms. The van der Waals surface area contributed by atoms with E-state index < -0.39 is 11.9 Å². The number of urea groups is 1. The van der Waals surface area contributed by atoms with Crippen LogP contribution in [0.2, 0.25) is 0 Å². The van der Waals surface area contributed by atoms with Gasteiger partial charge in [-0.3, -0.25) is 10.1 Å². The molecule has 11 heteroatoms. The van der Waals surface area contributed by atoms with Crippen molar-refractivity contribution in [2.45, 2.75) is 18.2 Å². The fourth-order valence-corrected chi connectivity index (χ4v) is 3.87. The van der Waals surface area contributed by atoms with Crippen molar-refractivity contribution in [1.82, 2.24) is 30.8 Å². The molecule has 3 aromatic rings. The van der Waals surface area contributed by atoms with Gasteiger partial charge in [0.05, 0.1) is 18.8 Å². The third kappa shape index (κ3) is 5.37. The zero-order valence-corrected chi connectivity index (χ0v) is 15.4. The van der Waals surface area contributed by atoms with Crippen molar-refractivity contribution in [1.29, 1.82) is 0 Å². The highest BCUT2D eigenvalue weighted by atomic mass is 32.2. The Morgan fingerprint density at radius 1 is 1.16 bits per heavy atom. The fraction of sp³-hybridized carbons (Fsp3) is 0.214. The largest absolute Gasteiger partial charge is 0.333 e. The molecule has 3 rings (SSSR count). The first kappa shape index (κ1) is 17.6.